The van der Waals surface area contributed by atoms with Crippen molar-refractivity contribution < 1.29 is 4.79 Å². The standard InChI is InChI=1S/C14H18ClNO/c15-12-5-3-4-11(10-12)14(17)8-7-13-6-1-2-9-16-13/h3-5,10,13,16H,1-2,6-9H2. The molecule has 1 aliphatic heterocycles. The molecule has 0 aliphatic carbocycles. The van der Waals surface area contributed by atoms with Crippen molar-refractivity contribution in [2.75, 3.05) is 6.54 Å². The number of hydrogen-bond donors (Lipinski definition) is 1. The maximum absolute atomic E-state index is 12.0. The zero-order valence-corrected chi connectivity index (χ0v) is 10.7. The highest BCUT2D eigenvalue weighted by molar-refractivity contribution is 6.31. The summed E-state index contributed by atoms with van der Waals surface area (Å²) < 4.78 is 0. The van der Waals surface area contributed by atoms with Crippen LogP contribution in [0.25, 0.3) is 0 Å². The van der Waals surface area contributed by atoms with Crippen LogP contribution in [0.3, 0.4) is 0 Å². The molecule has 1 aromatic carbocycles. The van der Waals surface area contributed by atoms with Gasteiger partial charge in [-0.05, 0) is 37.9 Å². The van der Waals surface area contributed by atoms with E-state index < -0.39 is 0 Å². The van der Waals surface area contributed by atoms with Crippen LogP contribution in [0.4, 0.5) is 0 Å². The fraction of sp³-hybridized carbons (Fsp3) is 0.500. The molecule has 1 aromatic rings. The minimum absolute atomic E-state index is 0.194. The smallest absolute Gasteiger partial charge is 0.162 e. The summed E-state index contributed by atoms with van der Waals surface area (Å²) in [6.07, 6.45) is 5.29. The van der Waals surface area contributed by atoms with Gasteiger partial charge in [0.15, 0.2) is 5.78 Å². The summed E-state index contributed by atoms with van der Waals surface area (Å²) in [7, 11) is 0. The van der Waals surface area contributed by atoms with Crippen LogP contribution in [0.5, 0.6) is 0 Å². The summed E-state index contributed by atoms with van der Waals surface area (Å²) in [5, 5.41) is 4.09. The Morgan fingerprint density at radius 1 is 1.41 bits per heavy atom. The minimum Gasteiger partial charge on any atom is -0.314 e. The van der Waals surface area contributed by atoms with E-state index in [2.05, 4.69) is 5.32 Å². The van der Waals surface area contributed by atoms with Gasteiger partial charge >= 0.3 is 0 Å². The van der Waals surface area contributed by atoms with E-state index in [-0.39, 0.29) is 5.78 Å². The number of piperidine rings is 1. The van der Waals surface area contributed by atoms with Crippen molar-refractivity contribution in [3.8, 4) is 0 Å². The van der Waals surface area contributed by atoms with E-state index in [1.807, 2.05) is 12.1 Å². The van der Waals surface area contributed by atoms with Crippen molar-refractivity contribution in [1.29, 1.82) is 0 Å². The third-order valence-corrected chi connectivity index (χ3v) is 3.51. The Labute approximate surface area is 107 Å². The predicted octanol–water partition coefficient (Wildman–Crippen LogP) is 3.45. The molecular weight excluding hydrogens is 234 g/mol. The van der Waals surface area contributed by atoms with Crippen LogP contribution in [0, 0.1) is 0 Å². The van der Waals surface area contributed by atoms with Gasteiger partial charge in [-0.1, -0.05) is 30.2 Å². The summed E-state index contributed by atoms with van der Waals surface area (Å²) in [5.74, 6) is 0.194. The van der Waals surface area contributed by atoms with E-state index in [1.165, 1.54) is 19.3 Å². The lowest BCUT2D eigenvalue weighted by atomic mass is 9.97. The second-order valence-corrected chi connectivity index (χ2v) is 5.06. The number of hydrogen-bond acceptors (Lipinski definition) is 2. The summed E-state index contributed by atoms with van der Waals surface area (Å²) in [6.45, 7) is 1.09. The molecule has 17 heavy (non-hydrogen) atoms. The van der Waals surface area contributed by atoms with Gasteiger partial charge in [0.1, 0.15) is 0 Å². The van der Waals surface area contributed by atoms with Gasteiger partial charge < -0.3 is 5.32 Å². The summed E-state index contributed by atoms with van der Waals surface area (Å²) >= 11 is 5.87. The Morgan fingerprint density at radius 2 is 2.29 bits per heavy atom. The highest BCUT2D eigenvalue weighted by Crippen LogP contribution is 2.16. The quantitative estimate of drug-likeness (QED) is 0.831. The van der Waals surface area contributed by atoms with Gasteiger partial charge in [0.05, 0.1) is 0 Å². The minimum atomic E-state index is 0.194. The first kappa shape index (κ1) is 12.6. The molecule has 1 atom stereocenters. The number of halogens is 1. The Hall–Kier alpha value is -0.860. The zero-order valence-electron chi connectivity index (χ0n) is 9.92. The molecule has 1 N–H and O–H groups in total. The lowest BCUT2D eigenvalue weighted by molar-refractivity contribution is 0.0974. The summed E-state index contributed by atoms with van der Waals surface area (Å²) in [4.78, 5) is 12.0. The van der Waals surface area contributed by atoms with Gasteiger partial charge in [-0.15, -0.1) is 0 Å². The topological polar surface area (TPSA) is 29.1 Å². The number of carbonyl (C=O) groups is 1. The average molecular weight is 252 g/mol. The number of carbonyl (C=O) groups excluding carboxylic acids is 1. The van der Waals surface area contributed by atoms with Gasteiger partial charge in [-0.25, -0.2) is 0 Å². The van der Waals surface area contributed by atoms with Crippen molar-refractivity contribution in [3.05, 3.63) is 34.9 Å². The Balaban J connectivity index is 1.84. The van der Waals surface area contributed by atoms with Crippen molar-refractivity contribution in [1.82, 2.24) is 5.32 Å². The lowest BCUT2D eigenvalue weighted by Gasteiger charge is -2.22. The zero-order chi connectivity index (χ0) is 12.1. The fourth-order valence-corrected chi connectivity index (χ4v) is 2.47. The molecule has 0 spiro atoms. The summed E-state index contributed by atoms with van der Waals surface area (Å²) in [6, 6.07) is 7.72. The Kier molecular flexibility index (Phi) is 4.57. The Morgan fingerprint density at radius 3 is 3.00 bits per heavy atom. The van der Waals surface area contributed by atoms with Gasteiger partial charge in [0, 0.05) is 23.0 Å². The summed E-state index contributed by atoms with van der Waals surface area (Å²) in [5.41, 5.74) is 0.730. The highest BCUT2D eigenvalue weighted by Gasteiger charge is 2.14. The van der Waals surface area contributed by atoms with Crippen LogP contribution >= 0.6 is 11.6 Å². The van der Waals surface area contributed by atoms with Crippen molar-refractivity contribution in [2.45, 2.75) is 38.1 Å². The van der Waals surface area contributed by atoms with Crippen LogP contribution in [-0.2, 0) is 0 Å². The second kappa shape index (κ2) is 6.18. The van der Waals surface area contributed by atoms with Crippen molar-refractivity contribution in [2.24, 2.45) is 0 Å². The third kappa shape index (κ3) is 3.83. The average Bonchev–Trinajstić information content (AvgIpc) is 2.37. The van der Waals surface area contributed by atoms with E-state index in [0.29, 0.717) is 17.5 Å². The van der Waals surface area contributed by atoms with Crippen molar-refractivity contribution >= 4 is 17.4 Å². The molecule has 0 saturated carbocycles. The first-order valence-corrected chi connectivity index (χ1v) is 6.65. The first-order valence-electron chi connectivity index (χ1n) is 6.28. The molecule has 0 amide bonds. The monoisotopic (exact) mass is 251 g/mol. The molecule has 1 fully saturated rings. The van der Waals surface area contributed by atoms with Crippen molar-refractivity contribution in [3.63, 3.8) is 0 Å². The molecule has 3 heteroatoms. The van der Waals surface area contributed by atoms with Gasteiger partial charge in [-0.2, -0.15) is 0 Å². The number of Topliss-reactive ketones (excluding diaryl/α,β-unsaturated/α-hetero) is 1. The highest BCUT2D eigenvalue weighted by atomic mass is 35.5. The molecule has 0 aromatic heterocycles. The van der Waals surface area contributed by atoms with Crippen LogP contribution in [0.2, 0.25) is 5.02 Å². The molecule has 0 bridgehead atoms. The van der Waals surface area contributed by atoms with E-state index in [0.717, 1.165) is 18.5 Å². The van der Waals surface area contributed by atoms with Gasteiger partial charge in [-0.3, -0.25) is 4.79 Å². The third-order valence-electron chi connectivity index (χ3n) is 3.28. The van der Waals surface area contributed by atoms with Crippen LogP contribution in [-0.4, -0.2) is 18.4 Å². The fourth-order valence-electron chi connectivity index (χ4n) is 2.28. The number of nitrogens with one attached hydrogen (secondary N) is 1. The van der Waals surface area contributed by atoms with Gasteiger partial charge in [0.2, 0.25) is 0 Å². The molecule has 2 nitrogen and oxygen atoms in total. The molecule has 2 rings (SSSR count). The van der Waals surface area contributed by atoms with Crippen LogP contribution in [0.15, 0.2) is 24.3 Å². The SMILES string of the molecule is O=C(CCC1CCCCN1)c1cccc(Cl)c1. The molecule has 0 radical (unpaired) electrons. The second-order valence-electron chi connectivity index (χ2n) is 4.62. The Bertz CT molecular complexity index is 386. The molecule has 92 valence electrons. The van der Waals surface area contributed by atoms with E-state index >= 15 is 0 Å². The first-order chi connectivity index (χ1) is 8.25. The van der Waals surface area contributed by atoms with Crippen LogP contribution < -0.4 is 5.32 Å². The predicted molar refractivity (Wildman–Crippen MR) is 70.7 cm³/mol. The molecular formula is C14H18ClNO. The number of benzene rings is 1. The maximum Gasteiger partial charge on any atom is 0.162 e. The number of rotatable bonds is 4. The molecule has 1 heterocycles. The molecule has 1 saturated heterocycles. The van der Waals surface area contributed by atoms with E-state index in [1.54, 1.807) is 12.1 Å². The normalized spacial score (nSPS) is 20.2. The molecule has 1 aliphatic rings. The van der Waals surface area contributed by atoms with Crippen LogP contribution in [0.1, 0.15) is 42.5 Å². The lowest BCUT2D eigenvalue weighted by Crippen LogP contribution is -2.34. The maximum atomic E-state index is 12.0. The van der Waals surface area contributed by atoms with E-state index in [4.69, 9.17) is 11.6 Å². The number of ketones is 1. The molecule has 1 unspecified atom stereocenters. The largest absolute Gasteiger partial charge is 0.314 e. The van der Waals surface area contributed by atoms with Gasteiger partial charge in [0.25, 0.3) is 0 Å². The van der Waals surface area contributed by atoms with E-state index in [9.17, 15) is 4.79 Å².